The van der Waals surface area contributed by atoms with E-state index in [1.165, 1.54) is 0 Å². The Labute approximate surface area is 117 Å². The molecule has 2 amide bonds. The number of likely N-dealkylation sites (tertiary alicyclic amines) is 1. The summed E-state index contributed by atoms with van der Waals surface area (Å²) in [6, 6.07) is 7.74. The van der Waals surface area contributed by atoms with Crippen molar-refractivity contribution in [1.29, 1.82) is 0 Å². The smallest absolute Gasteiger partial charge is 0.225 e. The highest BCUT2D eigenvalue weighted by Crippen LogP contribution is 2.32. The first kappa shape index (κ1) is 13.0. The van der Waals surface area contributed by atoms with Crippen molar-refractivity contribution in [2.45, 2.75) is 18.9 Å². The third kappa shape index (κ3) is 2.35. The molecule has 20 heavy (non-hydrogen) atoms. The van der Waals surface area contributed by atoms with Crippen LogP contribution in [0.2, 0.25) is 0 Å². The van der Waals surface area contributed by atoms with Gasteiger partial charge in [0, 0.05) is 32.0 Å². The molecule has 0 radical (unpaired) electrons. The monoisotopic (exact) mass is 274 g/mol. The van der Waals surface area contributed by atoms with Gasteiger partial charge in [-0.25, -0.2) is 0 Å². The molecule has 2 aliphatic rings. The van der Waals surface area contributed by atoms with Gasteiger partial charge in [-0.1, -0.05) is 18.2 Å². The first-order valence-corrected chi connectivity index (χ1v) is 6.91. The lowest BCUT2D eigenvalue weighted by Crippen LogP contribution is -2.37. The van der Waals surface area contributed by atoms with Gasteiger partial charge in [0.05, 0.1) is 18.6 Å². The van der Waals surface area contributed by atoms with Crippen LogP contribution in [0.4, 0.5) is 0 Å². The average molecular weight is 274 g/mol. The molecule has 2 heterocycles. The maximum Gasteiger partial charge on any atom is 0.225 e. The minimum absolute atomic E-state index is 0.0199. The van der Waals surface area contributed by atoms with Crippen LogP contribution in [0, 0.1) is 5.92 Å². The summed E-state index contributed by atoms with van der Waals surface area (Å²) in [5.41, 5.74) is 1.02. The van der Waals surface area contributed by atoms with Crippen LogP contribution in [0.25, 0.3) is 0 Å². The maximum atomic E-state index is 12.3. The van der Waals surface area contributed by atoms with E-state index in [2.05, 4.69) is 5.32 Å². The summed E-state index contributed by atoms with van der Waals surface area (Å²) in [7, 11) is 1.74. The van der Waals surface area contributed by atoms with E-state index in [1.807, 2.05) is 24.3 Å². The van der Waals surface area contributed by atoms with Gasteiger partial charge in [0.1, 0.15) is 5.75 Å². The summed E-state index contributed by atoms with van der Waals surface area (Å²) in [6.07, 6.45) is 1.08. The van der Waals surface area contributed by atoms with Crippen molar-refractivity contribution < 1.29 is 14.3 Å². The van der Waals surface area contributed by atoms with Crippen LogP contribution in [0.3, 0.4) is 0 Å². The van der Waals surface area contributed by atoms with Gasteiger partial charge >= 0.3 is 0 Å². The van der Waals surface area contributed by atoms with Crippen LogP contribution in [-0.4, -0.2) is 36.9 Å². The Bertz CT molecular complexity index is 544. The normalized spacial score (nSPS) is 25.1. The summed E-state index contributed by atoms with van der Waals surface area (Å²) in [5, 5.41) is 3.06. The number of para-hydroxylation sites is 1. The molecule has 106 valence electrons. The molecule has 2 atom stereocenters. The summed E-state index contributed by atoms with van der Waals surface area (Å²) >= 11 is 0. The minimum atomic E-state index is -0.234. The number of nitrogens with one attached hydrogen (secondary N) is 1. The summed E-state index contributed by atoms with van der Waals surface area (Å²) < 4.78 is 5.58. The Balaban J connectivity index is 1.70. The van der Waals surface area contributed by atoms with Crippen molar-refractivity contribution in [3.63, 3.8) is 0 Å². The largest absolute Gasteiger partial charge is 0.493 e. The molecule has 1 aromatic rings. The number of nitrogens with zero attached hydrogens (tertiary/aromatic N) is 1. The number of benzene rings is 1. The van der Waals surface area contributed by atoms with Gasteiger partial charge < -0.3 is 15.0 Å². The van der Waals surface area contributed by atoms with Crippen LogP contribution in [0.1, 0.15) is 24.4 Å². The average Bonchev–Trinajstić information content (AvgIpc) is 2.79. The zero-order valence-corrected chi connectivity index (χ0v) is 11.5. The summed E-state index contributed by atoms with van der Waals surface area (Å²) in [6.45, 7) is 1.11. The number of rotatable bonds is 2. The molecule has 0 aromatic heterocycles. The van der Waals surface area contributed by atoms with E-state index in [-0.39, 0.29) is 23.8 Å². The van der Waals surface area contributed by atoms with E-state index in [9.17, 15) is 9.59 Å². The number of hydrogen-bond donors (Lipinski definition) is 1. The number of amides is 2. The van der Waals surface area contributed by atoms with Crippen LogP contribution < -0.4 is 10.1 Å². The fourth-order valence-electron chi connectivity index (χ4n) is 2.82. The van der Waals surface area contributed by atoms with Crippen molar-refractivity contribution in [3.05, 3.63) is 29.8 Å². The predicted octanol–water partition coefficient (Wildman–Crippen LogP) is 1.10. The van der Waals surface area contributed by atoms with E-state index in [0.29, 0.717) is 19.6 Å². The topological polar surface area (TPSA) is 58.6 Å². The van der Waals surface area contributed by atoms with Crippen molar-refractivity contribution in [2.75, 3.05) is 20.2 Å². The highest BCUT2D eigenvalue weighted by atomic mass is 16.5. The van der Waals surface area contributed by atoms with E-state index < -0.39 is 0 Å². The predicted molar refractivity (Wildman–Crippen MR) is 73.2 cm³/mol. The van der Waals surface area contributed by atoms with Gasteiger partial charge in [0.25, 0.3) is 0 Å². The van der Waals surface area contributed by atoms with Crippen molar-refractivity contribution in [2.24, 2.45) is 5.92 Å². The molecule has 3 rings (SSSR count). The third-order valence-corrected chi connectivity index (χ3v) is 3.99. The van der Waals surface area contributed by atoms with E-state index >= 15 is 0 Å². The lowest BCUT2D eigenvalue weighted by atomic mass is 9.99. The van der Waals surface area contributed by atoms with Gasteiger partial charge in [-0.15, -0.1) is 0 Å². The Morgan fingerprint density at radius 1 is 1.40 bits per heavy atom. The quantitative estimate of drug-likeness (QED) is 0.878. The number of carbonyl (C=O) groups excluding carboxylic acids is 2. The van der Waals surface area contributed by atoms with Crippen molar-refractivity contribution >= 4 is 11.8 Å². The Kier molecular flexibility index (Phi) is 3.34. The zero-order chi connectivity index (χ0) is 14.1. The maximum absolute atomic E-state index is 12.3. The van der Waals surface area contributed by atoms with E-state index in [4.69, 9.17) is 4.74 Å². The van der Waals surface area contributed by atoms with Crippen LogP contribution >= 0.6 is 0 Å². The molecular formula is C15H18N2O3. The fraction of sp³-hybridized carbons (Fsp3) is 0.467. The molecule has 0 aliphatic carbocycles. The van der Waals surface area contributed by atoms with Crippen molar-refractivity contribution in [1.82, 2.24) is 10.2 Å². The van der Waals surface area contributed by atoms with Gasteiger partial charge in [-0.05, 0) is 6.07 Å². The van der Waals surface area contributed by atoms with Gasteiger partial charge in [-0.2, -0.15) is 0 Å². The molecule has 0 bridgehead atoms. The molecule has 1 N–H and O–H groups in total. The van der Waals surface area contributed by atoms with E-state index in [0.717, 1.165) is 17.7 Å². The van der Waals surface area contributed by atoms with Gasteiger partial charge in [0.2, 0.25) is 11.8 Å². The second-order valence-electron chi connectivity index (χ2n) is 5.41. The molecule has 2 aliphatic heterocycles. The third-order valence-electron chi connectivity index (χ3n) is 3.99. The fourth-order valence-corrected chi connectivity index (χ4v) is 2.82. The van der Waals surface area contributed by atoms with Crippen LogP contribution in [0.15, 0.2) is 24.3 Å². The number of carbonyl (C=O) groups is 2. The Hall–Kier alpha value is -2.04. The summed E-state index contributed by atoms with van der Waals surface area (Å²) in [5.74, 6) is 0.605. The Morgan fingerprint density at radius 2 is 2.20 bits per heavy atom. The van der Waals surface area contributed by atoms with Crippen molar-refractivity contribution in [3.8, 4) is 5.75 Å². The number of ether oxygens (including phenoxy) is 1. The second-order valence-corrected chi connectivity index (χ2v) is 5.41. The molecule has 1 fully saturated rings. The van der Waals surface area contributed by atoms with Gasteiger partial charge in [-0.3, -0.25) is 9.59 Å². The van der Waals surface area contributed by atoms with E-state index in [1.54, 1.807) is 11.9 Å². The van der Waals surface area contributed by atoms with Crippen LogP contribution in [-0.2, 0) is 9.59 Å². The molecule has 5 nitrogen and oxygen atoms in total. The SMILES string of the molecule is CN1C[C@H](C(=O)N[C@@H]2CCOc3ccccc32)CC1=O. The summed E-state index contributed by atoms with van der Waals surface area (Å²) in [4.78, 5) is 25.4. The highest BCUT2D eigenvalue weighted by molar-refractivity contribution is 5.89. The standard InChI is InChI=1S/C15H18N2O3/c1-17-9-10(8-14(17)18)15(19)16-12-6-7-20-13-5-3-2-4-11(12)13/h2-5,10,12H,6-9H2,1H3,(H,16,19)/t10-,12-/m1/s1. The molecule has 0 unspecified atom stereocenters. The molecule has 0 spiro atoms. The molecule has 0 saturated carbocycles. The second kappa shape index (κ2) is 5.15. The van der Waals surface area contributed by atoms with Gasteiger partial charge in [0.15, 0.2) is 0 Å². The molecule has 5 heteroatoms. The Morgan fingerprint density at radius 3 is 2.95 bits per heavy atom. The highest BCUT2D eigenvalue weighted by Gasteiger charge is 2.34. The molecule has 1 saturated heterocycles. The zero-order valence-electron chi connectivity index (χ0n) is 11.5. The first-order valence-electron chi connectivity index (χ1n) is 6.91. The lowest BCUT2D eigenvalue weighted by Gasteiger charge is -2.27. The first-order chi connectivity index (χ1) is 9.65. The molecular weight excluding hydrogens is 256 g/mol. The minimum Gasteiger partial charge on any atom is -0.493 e. The lowest BCUT2D eigenvalue weighted by molar-refractivity contribution is -0.128. The van der Waals surface area contributed by atoms with Crippen LogP contribution in [0.5, 0.6) is 5.75 Å². The number of hydrogen-bond acceptors (Lipinski definition) is 3. The number of fused-ring (bicyclic) bond motifs is 1. The molecule has 1 aromatic carbocycles.